The summed E-state index contributed by atoms with van der Waals surface area (Å²) in [5.74, 6) is 0.404. The zero-order chi connectivity index (χ0) is 15.7. The van der Waals surface area contributed by atoms with Gasteiger partial charge in [0.05, 0.1) is 5.92 Å². The summed E-state index contributed by atoms with van der Waals surface area (Å²) >= 11 is 0. The summed E-state index contributed by atoms with van der Waals surface area (Å²) in [7, 11) is 0. The molecule has 0 unspecified atom stereocenters. The van der Waals surface area contributed by atoms with Crippen LogP contribution in [-0.2, 0) is 9.59 Å². The predicted molar refractivity (Wildman–Crippen MR) is 80.2 cm³/mol. The first kappa shape index (κ1) is 14.4. The molecule has 0 aliphatic heterocycles. The molecular formula is C16H17N3O3. The molecule has 1 amide bonds. The zero-order valence-electron chi connectivity index (χ0n) is 12.5. The van der Waals surface area contributed by atoms with Crippen LogP contribution >= 0.6 is 0 Å². The van der Waals surface area contributed by atoms with Crippen LogP contribution in [-0.4, -0.2) is 21.9 Å². The minimum absolute atomic E-state index is 0.0623. The summed E-state index contributed by atoms with van der Waals surface area (Å²) in [6.07, 6.45) is 0.590. The van der Waals surface area contributed by atoms with Crippen LogP contribution < -0.4 is 5.32 Å². The van der Waals surface area contributed by atoms with Gasteiger partial charge in [-0.2, -0.15) is 0 Å². The summed E-state index contributed by atoms with van der Waals surface area (Å²) in [6.45, 7) is 4.25. The maximum Gasteiger partial charge on any atom is 0.322 e. The number of anilines is 1. The zero-order valence-corrected chi connectivity index (χ0v) is 12.5. The molecule has 1 N–H and O–H groups in total. The van der Waals surface area contributed by atoms with Crippen molar-refractivity contribution < 1.29 is 14.0 Å². The fraction of sp³-hybridized carbons (Fsp3) is 0.375. The quantitative estimate of drug-likeness (QED) is 0.938. The molecule has 0 bridgehead atoms. The Hall–Kier alpha value is -2.50. The second-order valence-corrected chi connectivity index (χ2v) is 5.82. The van der Waals surface area contributed by atoms with Crippen molar-refractivity contribution in [1.82, 2.24) is 10.2 Å². The van der Waals surface area contributed by atoms with Gasteiger partial charge in [0.1, 0.15) is 5.78 Å². The highest BCUT2D eigenvalue weighted by atomic mass is 16.4. The van der Waals surface area contributed by atoms with Gasteiger partial charge in [0, 0.05) is 18.4 Å². The number of rotatable bonds is 4. The maximum atomic E-state index is 11.8. The third-order valence-electron chi connectivity index (χ3n) is 3.80. The molecule has 1 aromatic carbocycles. The number of ketones is 1. The van der Waals surface area contributed by atoms with Crippen molar-refractivity contribution in [3.05, 3.63) is 29.8 Å². The third-order valence-corrected chi connectivity index (χ3v) is 3.80. The monoisotopic (exact) mass is 299 g/mol. The maximum absolute atomic E-state index is 11.8. The Kier molecular flexibility index (Phi) is 3.75. The van der Waals surface area contributed by atoms with Gasteiger partial charge in [-0.1, -0.05) is 31.1 Å². The van der Waals surface area contributed by atoms with E-state index in [2.05, 4.69) is 29.4 Å². The number of carbonyl (C=O) groups excluding carboxylic acids is 2. The van der Waals surface area contributed by atoms with E-state index < -0.39 is 0 Å². The minimum atomic E-state index is -0.270. The van der Waals surface area contributed by atoms with Gasteiger partial charge in [-0.05, 0) is 23.6 Å². The molecule has 1 aliphatic rings. The van der Waals surface area contributed by atoms with Gasteiger partial charge in [0.25, 0.3) is 0 Å². The highest BCUT2D eigenvalue weighted by Crippen LogP contribution is 2.26. The van der Waals surface area contributed by atoms with Crippen LogP contribution in [0.15, 0.2) is 28.7 Å². The first-order valence-corrected chi connectivity index (χ1v) is 7.29. The van der Waals surface area contributed by atoms with Gasteiger partial charge in [-0.15, -0.1) is 5.10 Å². The lowest BCUT2D eigenvalue weighted by molar-refractivity contribution is -0.135. The van der Waals surface area contributed by atoms with Crippen molar-refractivity contribution in [1.29, 1.82) is 0 Å². The van der Waals surface area contributed by atoms with Crippen molar-refractivity contribution >= 4 is 17.7 Å². The Morgan fingerprint density at radius 2 is 1.91 bits per heavy atom. The molecule has 2 aromatic rings. The SMILES string of the molecule is CC(C)c1ccc(-c2nnc(NC(=O)C3CC(=O)C3)o2)cc1. The minimum Gasteiger partial charge on any atom is -0.403 e. The van der Waals surface area contributed by atoms with Gasteiger partial charge in [0.15, 0.2) is 0 Å². The Morgan fingerprint density at radius 3 is 2.50 bits per heavy atom. The lowest BCUT2D eigenvalue weighted by atomic mass is 9.83. The van der Waals surface area contributed by atoms with Gasteiger partial charge >= 0.3 is 6.01 Å². The largest absolute Gasteiger partial charge is 0.403 e. The Labute approximate surface area is 127 Å². The van der Waals surface area contributed by atoms with Crippen LogP contribution in [0.2, 0.25) is 0 Å². The van der Waals surface area contributed by atoms with Crippen LogP contribution in [0.3, 0.4) is 0 Å². The molecule has 1 fully saturated rings. The van der Waals surface area contributed by atoms with Gasteiger partial charge in [-0.3, -0.25) is 14.9 Å². The van der Waals surface area contributed by atoms with E-state index in [-0.39, 0.29) is 23.6 Å². The van der Waals surface area contributed by atoms with E-state index in [1.807, 2.05) is 24.3 Å². The molecule has 0 radical (unpaired) electrons. The third kappa shape index (κ3) is 2.90. The molecule has 0 spiro atoms. The number of hydrogen-bond donors (Lipinski definition) is 1. The molecule has 1 heterocycles. The average molecular weight is 299 g/mol. The van der Waals surface area contributed by atoms with Gasteiger partial charge < -0.3 is 4.42 Å². The summed E-state index contributed by atoms with van der Waals surface area (Å²) < 4.78 is 5.45. The Bertz CT molecular complexity index is 696. The van der Waals surface area contributed by atoms with Crippen LogP contribution in [0, 0.1) is 5.92 Å². The van der Waals surface area contributed by atoms with Crippen LogP contribution in [0.25, 0.3) is 11.5 Å². The normalized spacial score (nSPS) is 15.0. The lowest BCUT2D eigenvalue weighted by Gasteiger charge is -2.21. The molecule has 1 aliphatic carbocycles. The van der Waals surface area contributed by atoms with Crippen LogP contribution in [0.1, 0.15) is 38.2 Å². The van der Waals surface area contributed by atoms with E-state index >= 15 is 0 Å². The first-order chi connectivity index (χ1) is 10.5. The second kappa shape index (κ2) is 5.71. The molecule has 6 heteroatoms. The van der Waals surface area contributed by atoms with E-state index in [9.17, 15) is 9.59 Å². The van der Waals surface area contributed by atoms with Crippen molar-refractivity contribution in [2.24, 2.45) is 5.92 Å². The number of aromatic nitrogens is 2. The molecule has 3 rings (SSSR count). The molecule has 1 saturated carbocycles. The number of carbonyl (C=O) groups is 2. The second-order valence-electron chi connectivity index (χ2n) is 5.82. The number of Topliss-reactive ketones (excluding diaryl/α,β-unsaturated/α-hetero) is 1. The van der Waals surface area contributed by atoms with Crippen molar-refractivity contribution in [2.45, 2.75) is 32.6 Å². The fourth-order valence-electron chi connectivity index (χ4n) is 2.28. The highest BCUT2D eigenvalue weighted by molar-refractivity contribution is 6.01. The van der Waals surface area contributed by atoms with Crippen molar-refractivity contribution in [3.63, 3.8) is 0 Å². The number of benzene rings is 1. The highest BCUT2D eigenvalue weighted by Gasteiger charge is 2.33. The topological polar surface area (TPSA) is 85.1 Å². The van der Waals surface area contributed by atoms with Crippen LogP contribution in [0.5, 0.6) is 0 Å². The lowest BCUT2D eigenvalue weighted by Crippen LogP contribution is -2.34. The molecule has 0 atom stereocenters. The smallest absolute Gasteiger partial charge is 0.322 e. The van der Waals surface area contributed by atoms with Gasteiger partial charge in [0.2, 0.25) is 11.8 Å². The molecule has 114 valence electrons. The molecular weight excluding hydrogens is 282 g/mol. The number of hydrogen-bond acceptors (Lipinski definition) is 5. The van der Waals surface area contributed by atoms with Crippen LogP contribution in [0.4, 0.5) is 6.01 Å². The first-order valence-electron chi connectivity index (χ1n) is 7.29. The summed E-state index contributed by atoms with van der Waals surface area (Å²) in [4.78, 5) is 22.7. The molecule has 1 aromatic heterocycles. The summed E-state index contributed by atoms with van der Waals surface area (Å²) in [5, 5.41) is 10.3. The number of nitrogens with one attached hydrogen (secondary N) is 1. The van der Waals surface area contributed by atoms with Gasteiger partial charge in [-0.25, -0.2) is 0 Å². The fourth-order valence-corrected chi connectivity index (χ4v) is 2.28. The molecule has 6 nitrogen and oxygen atoms in total. The average Bonchev–Trinajstić information content (AvgIpc) is 2.92. The molecule has 22 heavy (non-hydrogen) atoms. The van der Waals surface area contributed by atoms with E-state index in [1.54, 1.807) is 0 Å². The summed E-state index contributed by atoms with van der Waals surface area (Å²) in [6, 6.07) is 7.93. The Balaban J connectivity index is 1.68. The van der Waals surface area contributed by atoms with E-state index in [0.717, 1.165) is 5.56 Å². The molecule has 0 saturated heterocycles. The van der Waals surface area contributed by atoms with Crippen molar-refractivity contribution in [2.75, 3.05) is 5.32 Å². The Morgan fingerprint density at radius 1 is 1.23 bits per heavy atom. The standard InChI is InChI=1S/C16H17N3O3/c1-9(2)10-3-5-11(6-4-10)15-18-19-16(22-15)17-14(21)12-7-13(20)8-12/h3-6,9,12H,7-8H2,1-2H3,(H,17,19,21). The van der Waals surface area contributed by atoms with Crippen molar-refractivity contribution in [3.8, 4) is 11.5 Å². The van der Waals surface area contributed by atoms with E-state index in [1.165, 1.54) is 5.56 Å². The number of amides is 1. The van der Waals surface area contributed by atoms with E-state index in [0.29, 0.717) is 24.7 Å². The number of nitrogens with zero attached hydrogens (tertiary/aromatic N) is 2. The summed E-state index contributed by atoms with van der Waals surface area (Å²) in [5.41, 5.74) is 2.03. The van der Waals surface area contributed by atoms with E-state index in [4.69, 9.17) is 4.42 Å². The predicted octanol–water partition coefficient (Wildman–Crippen LogP) is 2.78.